The Balaban J connectivity index is 0.777. The third-order valence-electron chi connectivity index (χ3n) is 13.2. The van der Waals surface area contributed by atoms with Crippen LogP contribution in [0.1, 0.15) is 80.2 Å². The van der Waals surface area contributed by atoms with Crippen molar-refractivity contribution in [1.29, 1.82) is 0 Å². The van der Waals surface area contributed by atoms with Crippen molar-refractivity contribution in [1.82, 2.24) is 38.9 Å². The molecule has 3 saturated heterocycles. The van der Waals surface area contributed by atoms with E-state index >= 15 is 8.78 Å². The lowest BCUT2D eigenvalue weighted by Gasteiger charge is -2.46. The van der Waals surface area contributed by atoms with E-state index in [1.807, 2.05) is 29.4 Å². The number of fused-ring (bicyclic) bond motifs is 2. The highest BCUT2D eigenvalue weighted by Gasteiger charge is 2.42. The Bertz CT molecular complexity index is 2820. The molecule has 334 valence electrons. The number of nitrogens with one attached hydrogen (secondary N) is 3. The molecule has 4 aliphatic heterocycles. The van der Waals surface area contributed by atoms with E-state index < -0.39 is 33.6 Å². The molecule has 3 fully saturated rings. The highest BCUT2D eigenvalue weighted by molar-refractivity contribution is 7.89. The van der Waals surface area contributed by atoms with Crippen LogP contribution < -0.4 is 16.0 Å². The standard InChI is InChI=1S/C45H48F2N10O6S/c1-26(2)57-27(3)50-41-33(46)21-28(22-37(41)57)40-34(47)23-49-44(53-40)51-29-7-9-30(10-8-29)64(62,63)55-19-15-45(16-20-55)13-17-54(18-14-45)39(59)24-48-35-6-4-5-31-32(35)25-56(43(31)61)36-11-12-38(58)52-42(36)60/h4-10,21-23,26,36,48H,11-20,24-25H2,1-3H3,(H,49,51,53)(H,52,58,60). The van der Waals surface area contributed by atoms with Gasteiger partial charge in [0.25, 0.3) is 5.91 Å². The van der Waals surface area contributed by atoms with Gasteiger partial charge in [-0.05, 0) is 107 Å². The van der Waals surface area contributed by atoms with Crippen LogP contribution in [0.15, 0.2) is 65.7 Å². The number of hydrogen-bond acceptors (Lipinski definition) is 11. The van der Waals surface area contributed by atoms with E-state index in [1.54, 1.807) is 37.3 Å². The zero-order valence-electron chi connectivity index (χ0n) is 35.7. The minimum atomic E-state index is -3.81. The lowest BCUT2D eigenvalue weighted by Crippen LogP contribution is -2.52. The van der Waals surface area contributed by atoms with Crippen molar-refractivity contribution >= 4 is 62.0 Å². The summed E-state index contributed by atoms with van der Waals surface area (Å²) in [5, 5.41) is 8.53. The fourth-order valence-corrected chi connectivity index (χ4v) is 11.1. The van der Waals surface area contributed by atoms with Gasteiger partial charge in [0.1, 0.15) is 23.1 Å². The van der Waals surface area contributed by atoms with Gasteiger partial charge in [0.05, 0.1) is 23.2 Å². The van der Waals surface area contributed by atoms with Gasteiger partial charge in [-0.2, -0.15) is 4.31 Å². The second-order valence-corrected chi connectivity index (χ2v) is 19.3. The fourth-order valence-electron chi connectivity index (χ4n) is 9.64. The summed E-state index contributed by atoms with van der Waals surface area (Å²) in [7, 11) is -3.81. The minimum absolute atomic E-state index is 0.00614. The second kappa shape index (κ2) is 16.7. The van der Waals surface area contributed by atoms with Crippen molar-refractivity contribution in [2.45, 2.75) is 82.8 Å². The molecule has 0 bridgehead atoms. The number of halogens is 2. The van der Waals surface area contributed by atoms with Gasteiger partial charge < -0.3 is 25.0 Å². The Morgan fingerprint density at radius 2 is 1.67 bits per heavy atom. The number of rotatable bonds is 10. The molecular formula is C45H48F2N10O6S. The molecule has 3 aromatic carbocycles. The number of piperidine rings is 3. The molecule has 0 radical (unpaired) electrons. The first-order valence-electron chi connectivity index (χ1n) is 21.5. The van der Waals surface area contributed by atoms with Gasteiger partial charge in [-0.3, -0.25) is 24.5 Å². The molecule has 1 atom stereocenters. The number of aromatic nitrogens is 4. The fraction of sp³-hybridized carbons (Fsp3) is 0.400. The first-order chi connectivity index (χ1) is 30.6. The summed E-state index contributed by atoms with van der Waals surface area (Å²) in [6, 6.07) is 13.5. The number of anilines is 3. The zero-order valence-corrected chi connectivity index (χ0v) is 36.5. The molecule has 1 unspecified atom stereocenters. The number of aryl methyl sites for hydroxylation is 1. The summed E-state index contributed by atoms with van der Waals surface area (Å²) in [5.41, 5.74) is 3.06. The lowest BCUT2D eigenvalue weighted by molar-refractivity contribution is -0.137. The monoisotopic (exact) mass is 894 g/mol. The van der Waals surface area contributed by atoms with Crippen LogP contribution in [0, 0.1) is 24.0 Å². The smallest absolute Gasteiger partial charge is 0.255 e. The molecule has 64 heavy (non-hydrogen) atoms. The number of carbonyl (C=O) groups is 4. The van der Waals surface area contributed by atoms with E-state index in [1.165, 1.54) is 27.4 Å². The molecule has 4 amide bonds. The molecule has 6 heterocycles. The predicted octanol–water partition coefficient (Wildman–Crippen LogP) is 5.67. The molecule has 2 aromatic heterocycles. The van der Waals surface area contributed by atoms with Crippen molar-refractivity contribution in [3.8, 4) is 11.3 Å². The van der Waals surface area contributed by atoms with Crippen molar-refractivity contribution in [2.24, 2.45) is 5.41 Å². The van der Waals surface area contributed by atoms with Gasteiger partial charge in [-0.1, -0.05) is 6.07 Å². The zero-order chi connectivity index (χ0) is 45.1. The molecule has 0 saturated carbocycles. The Morgan fingerprint density at radius 1 is 0.953 bits per heavy atom. The molecular weight excluding hydrogens is 847 g/mol. The van der Waals surface area contributed by atoms with Crippen LogP contribution in [-0.2, 0) is 31.0 Å². The Hall–Kier alpha value is -6.34. The summed E-state index contributed by atoms with van der Waals surface area (Å²) in [6.45, 7) is 7.71. The quantitative estimate of drug-likeness (QED) is 0.146. The van der Waals surface area contributed by atoms with Gasteiger partial charge in [-0.15, -0.1) is 0 Å². The maximum absolute atomic E-state index is 15.2. The van der Waals surface area contributed by atoms with Crippen molar-refractivity contribution in [3.63, 3.8) is 0 Å². The molecule has 1 spiro atoms. The van der Waals surface area contributed by atoms with Crippen LogP contribution in [0.3, 0.4) is 0 Å². The first-order valence-corrected chi connectivity index (χ1v) is 22.9. The maximum atomic E-state index is 15.2. The van der Waals surface area contributed by atoms with Crippen LogP contribution in [0.2, 0.25) is 0 Å². The van der Waals surface area contributed by atoms with E-state index in [0.29, 0.717) is 72.9 Å². The van der Waals surface area contributed by atoms with Gasteiger partial charge in [0.2, 0.25) is 33.7 Å². The summed E-state index contributed by atoms with van der Waals surface area (Å²) >= 11 is 0. The van der Waals surface area contributed by atoms with Gasteiger partial charge >= 0.3 is 0 Å². The molecule has 5 aromatic rings. The number of hydrogen-bond donors (Lipinski definition) is 3. The van der Waals surface area contributed by atoms with E-state index in [9.17, 15) is 27.6 Å². The average molecular weight is 895 g/mol. The van der Waals surface area contributed by atoms with Gasteiger partial charge in [0, 0.05) is 73.3 Å². The lowest BCUT2D eigenvalue weighted by atomic mass is 9.71. The van der Waals surface area contributed by atoms with Gasteiger partial charge in [0.15, 0.2) is 11.6 Å². The number of sulfonamides is 1. The minimum Gasteiger partial charge on any atom is -0.376 e. The van der Waals surface area contributed by atoms with Crippen LogP contribution in [-0.4, -0.2) is 104 Å². The Kier molecular flexibility index (Phi) is 11.2. The average Bonchev–Trinajstić information content (AvgIpc) is 3.80. The van der Waals surface area contributed by atoms with E-state index in [2.05, 4.69) is 30.9 Å². The summed E-state index contributed by atoms with van der Waals surface area (Å²) in [4.78, 5) is 67.0. The van der Waals surface area contributed by atoms with E-state index in [0.717, 1.165) is 19.0 Å². The highest BCUT2D eigenvalue weighted by atomic mass is 32.2. The number of likely N-dealkylation sites (tertiary alicyclic amines) is 1. The SMILES string of the molecule is Cc1nc2c(F)cc(-c3nc(Nc4ccc(S(=O)(=O)N5CCC6(CCN(C(=O)CNc7cccc8c7CN(C7CCC(=O)NC7=O)C8=O)CC6)CC5)cc4)ncc3F)cc2n1C(C)C. The van der Waals surface area contributed by atoms with Crippen molar-refractivity contribution < 1.29 is 36.4 Å². The normalized spacial score (nSPS) is 19.1. The number of amides is 4. The topological polar surface area (TPSA) is 192 Å². The summed E-state index contributed by atoms with van der Waals surface area (Å²) < 4.78 is 61.2. The molecule has 3 N–H and O–H groups in total. The molecule has 9 rings (SSSR count). The summed E-state index contributed by atoms with van der Waals surface area (Å²) in [6.07, 6.45) is 4.27. The molecule has 0 aliphatic carbocycles. The van der Waals surface area contributed by atoms with E-state index in [4.69, 9.17) is 0 Å². The van der Waals surface area contributed by atoms with Crippen LogP contribution in [0.5, 0.6) is 0 Å². The van der Waals surface area contributed by atoms with Crippen LogP contribution in [0.25, 0.3) is 22.3 Å². The first kappa shape index (κ1) is 42.9. The third kappa shape index (κ3) is 7.95. The number of imidazole rings is 1. The maximum Gasteiger partial charge on any atom is 0.255 e. The summed E-state index contributed by atoms with van der Waals surface area (Å²) in [5.74, 6) is -1.84. The number of benzene rings is 3. The largest absolute Gasteiger partial charge is 0.376 e. The van der Waals surface area contributed by atoms with Crippen LogP contribution >= 0.6 is 0 Å². The predicted molar refractivity (Wildman–Crippen MR) is 233 cm³/mol. The molecule has 16 nitrogen and oxygen atoms in total. The highest BCUT2D eigenvalue weighted by Crippen LogP contribution is 2.43. The Labute approximate surface area is 368 Å². The molecule has 19 heteroatoms. The second-order valence-electron chi connectivity index (χ2n) is 17.4. The number of carbonyl (C=O) groups excluding carboxylic acids is 4. The molecule has 4 aliphatic rings. The van der Waals surface area contributed by atoms with Crippen molar-refractivity contribution in [2.75, 3.05) is 43.4 Å². The third-order valence-corrected chi connectivity index (χ3v) is 15.1. The van der Waals surface area contributed by atoms with E-state index in [-0.39, 0.29) is 82.7 Å². The number of imide groups is 1. The Morgan fingerprint density at radius 3 is 2.38 bits per heavy atom. The van der Waals surface area contributed by atoms with Gasteiger partial charge in [-0.25, -0.2) is 32.2 Å². The number of nitrogens with zero attached hydrogens (tertiary/aromatic N) is 7. The van der Waals surface area contributed by atoms with Crippen LogP contribution in [0.4, 0.5) is 26.1 Å². The van der Waals surface area contributed by atoms with Crippen molar-refractivity contribution in [3.05, 3.63) is 89.4 Å².